The molecule has 2 heterocycles. The first-order chi connectivity index (χ1) is 9.16. The molecule has 3 aliphatic rings. The molecule has 0 bridgehead atoms. The lowest BCUT2D eigenvalue weighted by Crippen LogP contribution is -2.62. The highest BCUT2D eigenvalue weighted by atomic mass is 32.2. The van der Waals surface area contributed by atoms with Crippen molar-refractivity contribution >= 4 is 23.5 Å². The summed E-state index contributed by atoms with van der Waals surface area (Å²) in [6.07, 6.45) is 1.42. The quantitative estimate of drug-likeness (QED) is 0.781. The first-order valence-electron chi connectivity index (χ1n) is 7.20. The van der Waals surface area contributed by atoms with Gasteiger partial charge in [-0.05, 0) is 31.9 Å². The van der Waals surface area contributed by atoms with Gasteiger partial charge in [0.1, 0.15) is 0 Å². The number of thioether (sulfide) groups is 2. The Kier molecular flexibility index (Phi) is 2.78. The van der Waals surface area contributed by atoms with Gasteiger partial charge in [-0.3, -0.25) is 0 Å². The van der Waals surface area contributed by atoms with E-state index in [0.717, 1.165) is 5.92 Å². The van der Waals surface area contributed by atoms with E-state index in [1.807, 2.05) is 0 Å². The zero-order valence-corrected chi connectivity index (χ0v) is 13.3. The number of rotatable bonds is 1. The molecule has 3 heteroatoms. The second-order valence-electron chi connectivity index (χ2n) is 6.39. The molecule has 1 nitrogen and oxygen atoms in total. The Hall–Kier alpha value is -0.120. The van der Waals surface area contributed by atoms with Crippen LogP contribution < -0.4 is 0 Å². The molecule has 1 aliphatic carbocycles. The highest BCUT2D eigenvalue weighted by Crippen LogP contribution is 2.71. The molecule has 2 unspecified atom stereocenters. The van der Waals surface area contributed by atoms with Crippen molar-refractivity contribution in [2.75, 3.05) is 31.6 Å². The fourth-order valence-corrected chi connectivity index (χ4v) is 8.44. The van der Waals surface area contributed by atoms with Crippen molar-refractivity contribution in [2.45, 2.75) is 22.8 Å². The number of nitrogens with zero attached hydrogens (tertiary/aromatic N) is 1. The molecular formula is C16H21NS2. The predicted molar refractivity (Wildman–Crippen MR) is 86.1 cm³/mol. The van der Waals surface area contributed by atoms with Gasteiger partial charge in [-0.2, -0.15) is 0 Å². The number of likely N-dealkylation sites (tertiary alicyclic amines) is 1. The van der Waals surface area contributed by atoms with Crippen LogP contribution in [0.1, 0.15) is 17.5 Å². The fourth-order valence-electron chi connectivity index (χ4n) is 4.43. The summed E-state index contributed by atoms with van der Waals surface area (Å²) < 4.78 is 0.484. The van der Waals surface area contributed by atoms with Crippen molar-refractivity contribution in [3.63, 3.8) is 0 Å². The molecule has 2 saturated heterocycles. The second kappa shape index (κ2) is 4.19. The third-order valence-electron chi connectivity index (χ3n) is 5.26. The number of benzene rings is 1. The SMILES string of the molecule is Cc1ccc(C23CN(C)CC2CC32SCCS2)cc1. The topological polar surface area (TPSA) is 3.24 Å². The predicted octanol–water partition coefficient (Wildman–Crippen LogP) is 3.37. The zero-order chi connectivity index (χ0) is 13.1. The van der Waals surface area contributed by atoms with Gasteiger partial charge in [-0.1, -0.05) is 29.8 Å². The number of aryl methyl sites for hydroxylation is 1. The van der Waals surface area contributed by atoms with Crippen LogP contribution in [0, 0.1) is 12.8 Å². The summed E-state index contributed by atoms with van der Waals surface area (Å²) in [7, 11) is 2.30. The standard InChI is InChI=1S/C16H21NS2/c1-12-3-5-13(6-4-12)15-11-17(2)10-14(15)9-16(15)18-7-8-19-16/h3-6,14H,7-11H2,1-2H3. The van der Waals surface area contributed by atoms with Crippen LogP contribution in [0.2, 0.25) is 0 Å². The fraction of sp³-hybridized carbons (Fsp3) is 0.625. The summed E-state index contributed by atoms with van der Waals surface area (Å²) in [6.45, 7) is 4.73. The first kappa shape index (κ1) is 12.6. The Balaban J connectivity index is 1.81. The second-order valence-corrected chi connectivity index (χ2v) is 9.43. The lowest BCUT2D eigenvalue weighted by atomic mass is 9.57. The summed E-state index contributed by atoms with van der Waals surface area (Å²) in [4.78, 5) is 2.55. The largest absolute Gasteiger partial charge is 0.305 e. The van der Waals surface area contributed by atoms with Crippen LogP contribution in [0.3, 0.4) is 0 Å². The molecule has 2 aliphatic heterocycles. The maximum Gasteiger partial charge on any atom is 0.0726 e. The van der Waals surface area contributed by atoms with Gasteiger partial charge in [-0.25, -0.2) is 0 Å². The van der Waals surface area contributed by atoms with Gasteiger partial charge < -0.3 is 4.90 Å². The summed E-state index contributed by atoms with van der Waals surface area (Å²) in [5, 5.41) is 0. The average Bonchev–Trinajstić information content (AvgIpc) is 2.96. The van der Waals surface area contributed by atoms with Crippen molar-refractivity contribution in [1.29, 1.82) is 0 Å². The third-order valence-corrected chi connectivity index (χ3v) is 9.04. The van der Waals surface area contributed by atoms with Crippen LogP contribution >= 0.6 is 23.5 Å². The molecule has 0 aromatic heterocycles. The van der Waals surface area contributed by atoms with Gasteiger partial charge in [0.05, 0.1) is 4.08 Å². The number of hydrogen-bond acceptors (Lipinski definition) is 3. The van der Waals surface area contributed by atoms with Crippen LogP contribution in [0.15, 0.2) is 24.3 Å². The molecule has 0 N–H and O–H groups in total. The summed E-state index contributed by atoms with van der Waals surface area (Å²) in [6, 6.07) is 9.41. The monoisotopic (exact) mass is 291 g/mol. The molecule has 3 fully saturated rings. The number of fused-ring (bicyclic) bond motifs is 2. The minimum absolute atomic E-state index is 0.418. The van der Waals surface area contributed by atoms with E-state index in [4.69, 9.17) is 0 Å². The van der Waals surface area contributed by atoms with Crippen molar-refractivity contribution in [3.05, 3.63) is 35.4 Å². The Morgan fingerprint density at radius 3 is 2.47 bits per heavy atom. The molecule has 1 saturated carbocycles. The lowest BCUT2D eigenvalue weighted by molar-refractivity contribution is 0.173. The average molecular weight is 291 g/mol. The molecule has 0 radical (unpaired) electrons. The van der Waals surface area contributed by atoms with Gasteiger partial charge in [0.2, 0.25) is 0 Å². The van der Waals surface area contributed by atoms with E-state index in [1.54, 1.807) is 5.56 Å². The Morgan fingerprint density at radius 1 is 1.16 bits per heavy atom. The van der Waals surface area contributed by atoms with Crippen LogP contribution in [0.25, 0.3) is 0 Å². The Labute approximate surface area is 124 Å². The summed E-state index contributed by atoms with van der Waals surface area (Å²) in [5.74, 6) is 3.56. The molecule has 4 rings (SSSR count). The van der Waals surface area contributed by atoms with Gasteiger partial charge in [-0.15, -0.1) is 23.5 Å². The van der Waals surface area contributed by atoms with Crippen LogP contribution in [0.5, 0.6) is 0 Å². The van der Waals surface area contributed by atoms with E-state index < -0.39 is 0 Å². The van der Waals surface area contributed by atoms with E-state index in [-0.39, 0.29) is 0 Å². The van der Waals surface area contributed by atoms with E-state index in [1.165, 1.54) is 36.6 Å². The van der Waals surface area contributed by atoms with E-state index in [2.05, 4.69) is 66.7 Å². The maximum atomic E-state index is 2.55. The Bertz CT molecular complexity index is 492. The molecule has 1 aromatic carbocycles. The third kappa shape index (κ3) is 1.55. The van der Waals surface area contributed by atoms with Crippen LogP contribution in [-0.2, 0) is 5.41 Å². The van der Waals surface area contributed by atoms with Crippen molar-refractivity contribution in [2.24, 2.45) is 5.92 Å². The molecular weight excluding hydrogens is 270 g/mol. The normalized spacial score (nSPS) is 36.4. The highest BCUT2D eigenvalue weighted by Gasteiger charge is 2.70. The Morgan fingerprint density at radius 2 is 1.84 bits per heavy atom. The molecule has 1 spiro atoms. The zero-order valence-electron chi connectivity index (χ0n) is 11.7. The van der Waals surface area contributed by atoms with Gasteiger partial charge >= 0.3 is 0 Å². The summed E-state index contributed by atoms with van der Waals surface area (Å²) >= 11 is 4.49. The van der Waals surface area contributed by atoms with Crippen molar-refractivity contribution in [1.82, 2.24) is 4.90 Å². The van der Waals surface area contributed by atoms with Crippen molar-refractivity contribution < 1.29 is 0 Å². The smallest absolute Gasteiger partial charge is 0.0726 e. The lowest BCUT2D eigenvalue weighted by Gasteiger charge is -2.59. The highest BCUT2D eigenvalue weighted by molar-refractivity contribution is 8.21. The minimum atomic E-state index is 0.418. The summed E-state index contributed by atoms with van der Waals surface area (Å²) in [5.41, 5.74) is 3.39. The van der Waals surface area contributed by atoms with Crippen LogP contribution in [0.4, 0.5) is 0 Å². The minimum Gasteiger partial charge on any atom is -0.305 e. The van der Waals surface area contributed by atoms with Gasteiger partial charge in [0.15, 0.2) is 0 Å². The molecule has 1 aromatic rings. The van der Waals surface area contributed by atoms with E-state index in [0.29, 0.717) is 9.49 Å². The molecule has 19 heavy (non-hydrogen) atoms. The van der Waals surface area contributed by atoms with E-state index in [9.17, 15) is 0 Å². The first-order valence-corrected chi connectivity index (χ1v) is 9.17. The number of likely N-dealkylation sites (N-methyl/N-ethyl adjacent to an activating group) is 1. The van der Waals surface area contributed by atoms with Gasteiger partial charge in [0, 0.05) is 30.0 Å². The van der Waals surface area contributed by atoms with Crippen LogP contribution in [-0.4, -0.2) is 40.6 Å². The van der Waals surface area contributed by atoms with Gasteiger partial charge in [0.25, 0.3) is 0 Å². The molecule has 102 valence electrons. The van der Waals surface area contributed by atoms with Crippen molar-refractivity contribution in [3.8, 4) is 0 Å². The number of hydrogen-bond donors (Lipinski definition) is 0. The van der Waals surface area contributed by atoms with E-state index >= 15 is 0 Å². The molecule has 0 amide bonds. The maximum absolute atomic E-state index is 2.55. The molecule has 2 atom stereocenters.